The van der Waals surface area contributed by atoms with E-state index >= 15 is 0 Å². The first-order valence-corrected chi connectivity index (χ1v) is 5.35. The molecule has 0 saturated carbocycles. The number of aromatic nitrogens is 4. The van der Waals surface area contributed by atoms with Crippen LogP contribution in [0.2, 0.25) is 0 Å². The topological polar surface area (TPSA) is 55.7 Å². The van der Waals surface area contributed by atoms with Crippen LogP contribution in [0, 0.1) is 0 Å². The van der Waals surface area contributed by atoms with Gasteiger partial charge in [0.2, 0.25) is 0 Å². The number of fused-ring (bicyclic) bond motifs is 1. The summed E-state index contributed by atoms with van der Waals surface area (Å²) in [7, 11) is 1.65. The van der Waals surface area contributed by atoms with Crippen LogP contribution in [-0.4, -0.2) is 26.9 Å². The van der Waals surface area contributed by atoms with Gasteiger partial charge in [-0.1, -0.05) is 0 Å². The number of H-pyrrole nitrogens is 1. The zero-order chi connectivity index (χ0) is 11.7. The molecular formula is C12H12N4O. The molecule has 2 heterocycles. The van der Waals surface area contributed by atoms with Crippen LogP contribution in [0.25, 0.3) is 11.0 Å². The monoisotopic (exact) mass is 228 g/mol. The first-order chi connectivity index (χ1) is 8.35. The van der Waals surface area contributed by atoms with Crippen molar-refractivity contribution in [2.75, 3.05) is 7.11 Å². The van der Waals surface area contributed by atoms with E-state index < -0.39 is 0 Å². The van der Waals surface area contributed by atoms with Crippen LogP contribution in [0.5, 0.6) is 5.75 Å². The largest absolute Gasteiger partial charge is 0.497 e. The Bertz CT molecular complexity index is 627. The minimum atomic E-state index is 0.643. The maximum Gasteiger partial charge on any atom is 0.129 e. The summed E-state index contributed by atoms with van der Waals surface area (Å²) >= 11 is 0. The van der Waals surface area contributed by atoms with Crippen LogP contribution in [0.15, 0.2) is 36.7 Å². The fourth-order valence-electron chi connectivity index (χ4n) is 1.79. The smallest absolute Gasteiger partial charge is 0.129 e. The van der Waals surface area contributed by atoms with Gasteiger partial charge in [-0.25, -0.2) is 4.98 Å². The van der Waals surface area contributed by atoms with Crippen molar-refractivity contribution >= 4 is 11.0 Å². The number of methoxy groups -OCH3 is 1. The summed E-state index contributed by atoms with van der Waals surface area (Å²) in [6.45, 7) is 0.643. The highest BCUT2D eigenvalue weighted by atomic mass is 16.5. The standard InChI is InChI=1S/C12H12N4O/c1-17-9-3-4-10-11(7-9)15-12(14-10)8-16-6-2-5-13-16/h2-7H,8H2,1H3,(H,14,15). The third-order valence-corrected chi connectivity index (χ3v) is 2.61. The average molecular weight is 228 g/mol. The van der Waals surface area contributed by atoms with Gasteiger partial charge in [0.25, 0.3) is 0 Å². The second-order valence-corrected chi connectivity index (χ2v) is 3.77. The van der Waals surface area contributed by atoms with Crippen molar-refractivity contribution < 1.29 is 4.74 Å². The maximum absolute atomic E-state index is 5.17. The molecule has 1 aromatic carbocycles. The van der Waals surface area contributed by atoms with E-state index in [0.29, 0.717) is 6.54 Å². The normalized spacial score (nSPS) is 10.9. The Morgan fingerprint density at radius 1 is 1.41 bits per heavy atom. The van der Waals surface area contributed by atoms with Gasteiger partial charge in [0.15, 0.2) is 0 Å². The van der Waals surface area contributed by atoms with Gasteiger partial charge >= 0.3 is 0 Å². The lowest BCUT2D eigenvalue weighted by molar-refractivity contribution is 0.415. The molecule has 2 aromatic heterocycles. The lowest BCUT2D eigenvalue weighted by atomic mass is 10.3. The number of ether oxygens (including phenoxy) is 1. The third-order valence-electron chi connectivity index (χ3n) is 2.61. The van der Waals surface area contributed by atoms with Crippen LogP contribution < -0.4 is 4.74 Å². The summed E-state index contributed by atoms with van der Waals surface area (Å²) in [5.74, 6) is 1.71. The summed E-state index contributed by atoms with van der Waals surface area (Å²) in [5.41, 5.74) is 1.92. The van der Waals surface area contributed by atoms with Gasteiger partial charge in [-0.2, -0.15) is 5.10 Å². The molecule has 0 bridgehead atoms. The molecule has 0 saturated heterocycles. The van der Waals surface area contributed by atoms with Gasteiger partial charge in [0, 0.05) is 18.5 Å². The summed E-state index contributed by atoms with van der Waals surface area (Å²) in [6.07, 6.45) is 3.67. The Morgan fingerprint density at radius 2 is 2.35 bits per heavy atom. The van der Waals surface area contributed by atoms with Crippen molar-refractivity contribution in [2.24, 2.45) is 0 Å². The SMILES string of the molecule is COc1ccc2nc(Cn3cccn3)[nH]c2c1. The number of aromatic amines is 1. The minimum Gasteiger partial charge on any atom is -0.497 e. The summed E-state index contributed by atoms with van der Waals surface area (Å²) < 4.78 is 7.00. The van der Waals surface area contributed by atoms with Crippen LogP contribution in [-0.2, 0) is 6.54 Å². The molecule has 3 aromatic rings. The van der Waals surface area contributed by atoms with Crippen molar-refractivity contribution in [3.8, 4) is 5.75 Å². The molecule has 0 spiro atoms. The van der Waals surface area contributed by atoms with Gasteiger partial charge in [-0.05, 0) is 18.2 Å². The van der Waals surface area contributed by atoms with E-state index in [9.17, 15) is 0 Å². The summed E-state index contributed by atoms with van der Waals surface area (Å²) in [4.78, 5) is 7.75. The molecule has 0 aliphatic heterocycles. The number of nitrogens with one attached hydrogen (secondary N) is 1. The lowest BCUT2D eigenvalue weighted by Crippen LogP contribution is -2.01. The fraction of sp³-hybridized carbons (Fsp3) is 0.167. The van der Waals surface area contributed by atoms with Crippen LogP contribution >= 0.6 is 0 Å². The highest BCUT2D eigenvalue weighted by molar-refractivity contribution is 5.76. The third kappa shape index (κ3) is 1.87. The zero-order valence-corrected chi connectivity index (χ0v) is 9.42. The Kier molecular flexibility index (Phi) is 2.29. The number of imidazole rings is 1. The van der Waals surface area contributed by atoms with Gasteiger partial charge < -0.3 is 9.72 Å². The first-order valence-electron chi connectivity index (χ1n) is 5.35. The highest BCUT2D eigenvalue weighted by Crippen LogP contribution is 2.18. The van der Waals surface area contributed by atoms with E-state index in [1.54, 1.807) is 13.3 Å². The zero-order valence-electron chi connectivity index (χ0n) is 9.42. The average Bonchev–Trinajstić information content (AvgIpc) is 2.96. The van der Waals surface area contributed by atoms with Gasteiger partial charge in [0.05, 0.1) is 24.7 Å². The maximum atomic E-state index is 5.17. The number of benzene rings is 1. The second kappa shape index (κ2) is 3.93. The lowest BCUT2D eigenvalue weighted by Gasteiger charge is -1.97. The number of hydrogen-bond donors (Lipinski definition) is 1. The molecule has 17 heavy (non-hydrogen) atoms. The Balaban J connectivity index is 1.96. The summed E-state index contributed by atoms with van der Waals surface area (Å²) in [6, 6.07) is 7.68. The van der Waals surface area contributed by atoms with E-state index in [1.165, 1.54) is 0 Å². The van der Waals surface area contributed by atoms with Crippen molar-refractivity contribution in [1.29, 1.82) is 0 Å². The molecule has 0 aliphatic carbocycles. The molecule has 3 rings (SSSR count). The van der Waals surface area contributed by atoms with Crippen molar-refractivity contribution in [1.82, 2.24) is 19.7 Å². The van der Waals surface area contributed by atoms with Gasteiger partial charge in [-0.3, -0.25) is 4.68 Å². The molecule has 0 amide bonds. The molecule has 0 radical (unpaired) electrons. The molecular weight excluding hydrogens is 216 g/mol. The molecule has 0 fully saturated rings. The molecule has 1 N–H and O–H groups in total. The van der Waals surface area contributed by atoms with Crippen molar-refractivity contribution in [2.45, 2.75) is 6.54 Å². The second-order valence-electron chi connectivity index (χ2n) is 3.77. The van der Waals surface area contributed by atoms with Crippen molar-refractivity contribution in [3.05, 3.63) is 42.5 Å². The summed E-state index contributed by atoms with van der Waals surface area (Å²) in [5, 5.41) is 4.15. The molecule has 0 unspecified atom stereocenters. The number of rotatable bonds is 3. The van der Waals surface area contributed by atoms with Crippen LogP contribution in [0.3, 0.4) is 0 Å². The first kappa shape index (κ1) is 9.89. The van der Waals surface area contributed by atoms with Gasteiger partial charge in [-0.15, -0.1) is 0 Å². The predicted octanol–water partition coefficient (Wildman–Crippen LogP) is 1.82. The van der Waals surface area contributed by atoms with Crippen LogP contribution in [0.1, 0.15) is 5.82 Å². The quantitative estimate of drug-likeness (QED) is 0.743. The number of nitrogens with zero attached hydrogens (tertiary/aromatic N) is 3. The van der Waals surface area contributed by atoms with E-state index in [0.717, 1.165) is 22.6 Å². The van der Waals surface area contributed by atoms with Crippen molar-refractivity contribution in [3.63, 3.8) is 0 Å². The van der Waals surface area contributed by atoms with Gasteiger partial charge in [0.1, 0.15) is 11.6 Å². The van der Waals surface area contributed by atoms with E-state index in [-0.39, 0.29) is 0 Å². The molecule has 5 heteroatoms. The molecule has 0 aliphatic rings. The van der Waals surface area contributed by atoms with E-state index in [4.69, 9.17) is 4.74 Å². The van der Waals surface area contributed by atoms with E-state index in [2.05, 4.69) is 15.1 Å². The highest BCUT2D eigenvalue weighted by Gasteiger charge is 2.04. The Morgan fingerprint density at radius 3 is 3.12 bits per heavy atom. The fourth-order valence-corrected chi connectivity index (χ4v) is 1.79. The minimum absolute atomic E-state index is 0.643. The molecule has 0 atom stereocenters. The number of hydrogen-bond acceptors (Lipinski definition) is 3. The van der Waals surface area contributed by atoms with Crippen LogP contribution in [0.4, 0.5) is 0 Å². The Hall–Kier alpha value is -2.30. The Labute approximate surface area is 98.0 Å². The van der Waals surface area contributed by atoms with E-state index in [1.807, 2.05) is 35.1 Å². The predicted molar refractivity (Wildman–Crippen MR) is 64.0 cm³/mol. The molecule has 5 nitrogen and oxygen atoms in total. The molecule has 86 valence electrons.